The van der Waals surface area contributed by atoms with Crippen molar-refractivity contribution in [2.45, 2.75) is 25.8 Å². The molecule has 0 radical (unpaired) electrons. The van der Waals surface area contributed by atoms with Crippen LogP contribution in [0.1, 0.15) is 19.1 Å². The van der Waals surface area contributed by atoms with Crippen molar-refractivity contribution in [2.75, 3.05) is 24.6 Å². The molecule has 0 bridgehead atoms. The van der Waals surface area contributed by atoms with E-state index in [1.807, 2.05) is 37.3 Å². The minimum Gasteiger partial charge on any atom is -0.461 e. The van der Waals surface area contributed by atoms with Crippen LogP contribution in [0, 0.1) is 0 Å². The van der Waals surface area contributed by atoms with Crippen LogP contribution in [0.15, 0.2) is 34.7 Å². The maximum atomic E-state index is 12.3. The Labute approximate surface area is 141 Å². The summed E-state index contributed by atoms with van der Waals surface area (Å²) in [4.78, 5) is 13.9. The van der Waals surface area contributed by atoms with Crippen molar-refractivity contribution in [2.24, 2.45) is 0 Å². The monoisotopic (exact) mass is 350 g/mol. The van der Waals surface area contributed by atoms with Gasteiger partial charge in [-0.2, -0.15) is 0 Å². The molecule has 0 spiro atoms. The zero-order valence-corrected chi connectivity index (χ0v) is 14.5. The number of urea groups is 1. The van der Waals surface area contributed by atoms with Gasteiger partial charge in [0.2, 0.25) is 0 Å². The van der Waals surface area contributed by atoms with Gasteiger partial charge in [-0.15, -0.1) is 0 Å². The van der Waals surface area contributed by atoms with Crippen LogP contribution in [0.3, 0.4) is 0 Å². The minimum atomic E-state index is -3.03. The molecule has 2 heterocycles. The molecule has 130 valence electrons. The molecule has 1 aliphatic rings. The van der Waals surface area contributed by atoms with Crippen LogP contribution in [0.25, 0.3) is 11.0 Å². The summed E-state index contributed by atoms with van der Waals surface area (Å²) in [6.45, 7) is 2.59. The van der Waals surface area contributed by atoms with E-state index in [0.29, 0.717) is 19.4 Å². The number of para-hydroxylation sites is 1. The van der Waals surface area contributed by atoms with Crippen LogP contribution in [0.5, 0.6) is 0 Å². The quantitative estimate of drug-likeness (QED) is 0.920. The van der Waals surface area contributed by atoms with E-state index in [9.17, 15) is 13.2 Å². The summed E-state index contributed by atoms with van der Waals surface area (Å²) in [5, 5.41) is 3.91. The standard InChI is InChI=1S/C17H22N2O4S/c1-13-7-10-24(21,22)11-9-19(13)17(20)18-8-6-15-12-14-4-2-3-5-16(14)23-15/h2-5,12-13H,6-11H2,1H3,(H,18,20)/t13-/m1/s1. The lowest BCUT2D eigenvalue weighted by atomic mass is 10.2. The molecule has 7 heteroatoms. The Balaban J connectivity index is 1.55. The Morgan fingerprint density at radius 2 is 2.12 bits per heavy atom. The molecule has 1 aromatic heterocycles. The van der Waals surface area contributed by atoms with Crippen molar-refractivity contribution >= 4 is 26.8 Å². The topological polar surface area (TPSA) is 79.6 Å². The van der Waals surface area contributed by atoms with Gasteiger partial charge in [0.1, 0.15) is 11.3 Å². The predicted octanol–water partition coefficient (Wildman–Crippen LogP) is 2.19. The fraction of sp³-hybridized carbons (Fsp3) is 0.471. The number of hydrogen-bond donors (Lipinski definition) is 1. The second-order valence-electron chi connectivity index (χ2n) is 6.22. The van der Waals surface area contributed by atoms with Gasteiger partial charge in [-0.1, -0.05) is 18.2 Å². The largest absolute Gasteiger partial charge is 0.461 e. The molecular weight excluding hydrogens is 328 g/mol. The van der Waals surface area contributed by atoms with Crippen LogP contribution in [0.2, 0.25) is 0 Å². The second kappa shape index (κ2) is 6.84. The van der Waals surface area contributed by atoms with Crippen molar-refractivity contribution in [3.05, 3.63) is 36.1 Å². The first-order chi connectivity index (χ1) is 11.4. The number of hydrogen-bond acceptors (Lipinski definition) is 4. The van der Waals surface area contributed by atoms with Crippen LogP contribution in [0.4, 0.5) is 4.79 Å². The number of rotatable bonds is 3. The van der Waals surface area contributed by atoms with Crippen LogP contribution >= 0.6 is 0 Å². The Morgan fingerprint density at radius 3 is 2.92 bits per heavy atom. The number of furan rings is 1. The Hall–Kier alpha value is -2.02. The normalized spacial score (nSPS) is 20.7. The Morgan fingerprint density at radius 1 is 1.33 bits per heavy atom. The highest BCUT2D eigenvalue weighted by molar-refractivity contribution is 7.91. The van der Waals surface area contributed by atoms with Crippen LogP contribution in [-0.2, 0) is 16.3 Å². The van der Waals surface area contributed by atoms with Gasteiger partial charge in [-0.05, 0) is 25.5 Å². The van der Waals surface area contributed by atoms with E-state index < -0.39 is 9.84 Å². The Bertz CT molecular complexity index is 795. The zero-order chi connectivity index (χ0) is 17.2. The SMILES string of the molecule is C[C@@H]1CCS(=O)(=O)CCN1C(=O)NCCc1cc2ccccc2o1. The van der Waals surface area contributed by atoms with E-state index in [4.69, 9.17) is 4.42 Å². The molecule has 2 aromatic rings. The molecule has 24 heavy (non-hydrogen) atoms. The summed E-state index contributed by atoms with van der Waals surface area (Å²) in [6, 6.07) is 9.47. The molecule has 0 unspecified atom stereocenters. The summed E-state index contributed by atoms with van der Waals surface area (Å²) in [7, 11) is -3.03. The average molecular weight is 350 g/mol. The lowest BCUT2D eigenvalue weighted by Crippen LogP contribution is -2.46. The van der Waals surface area contributed by atoms with Crippen molar-refractivity contribution in [1.82, 2.24) is 10.2 Å². The molecule has 2 amide bonds. The average Bonchev–Trinajstić information content (AvgIpc) is 2.89. The minimum absolute atomic E-state index is 0.0360. The summed E-state index contributed by atoms with van der Waals surface area (Å²) in [5.74, 6) is 1.01. The van der Waals surface area contributed by atoms with Crippen LogP contribution in [-0.4, -0.2) is 50.0 Å². The van der Waals surface area contributed by atoms with Crippen LogP contribution < -0.4 is 5.32 Å². The first-order valence-electron chi connectivity index (χ1n) is 8.17. The molecule has 6 nitrogen and oxygen atoms in total. The summed E-state index contributed by atoms with van der Waals surface area (Å²) in [5.41, 5.74) is 0.838. The van der Waals surface area contributed by atoms with Gasteiger partial charge >= 0.3 is 6.03 Å². The van der Waals surface area contributed by atoms with Gasteiger partial charge in [0, 0.05) is 30.9 Å². The third kappa shape index (κ3) is 3.90. The number of nitrogens with zero attached hydrogens (tertiary/aromatic N) is 1. The summed E-state index contributed by atoms with van der Waals surface area (Å²) >= 11 is 0. The maximum Gasteiger partial charge on any atom is 0.317 e. The molecule has 1 N–H and O–H groups in total. The summed E-state index contributed by atoms with van der Waals surface area (Å²) in [6.07, 6.45) is 1.08. The maximum absolute atomic E-state index is 12.3. The van der Waals surface area contributed by atoms with Crippen molar-refractivity contribution in [3.8, 4) is 0 Å². The highest BCUT2D eigenvalue weighted by Gasteiger charge is 2.27. The number of benzene rings is 1. The molecule has 1 fully saturated rings. The number of nitrogens with one attached hydrogen (secondary N) is 1. The van der Waals surface area contributed by atoms with Crippen molar-refractivity contribution in [3.63, 3.8) is 0 Å². The molecule has 0 aliphatic carbocycles. The fourth-order valence-corrected chi connectivity index (χ4v) is 4.30. The van der Waals surface area contributed by atoms with E-state index >= 15 is 0 Å². The number of amides is 2. The Kier molecular flexibility index (Phi) is 4.80. The van der Waals surface area contributed by atoms with Gasteiger partial charge in [-0.25, -0.2) is 13.2 Å². The fourth-order valence-electron chi connectivity index (χ4n) is 2.92. The number of sulfone groups is 1. The lowest BCUT2D eigenvalue weighted by Gasteiger charge is -2.26. The molecular formula is C17H22N2O4S. The van der Waals surface area contributed by atoms with Gasteiger partial charge in [0.25, 0.3) is 0 Å². The molecule has 1 saturated heterocycles. The molecule has 1 aliphatic heterocycles. The highest BCUT2D eigenvalue weighted by Crippen LogP contribution is 2.19. The third-order valence-corrected chi connectivity index (χ3v) is 6.07. The molecule has 1 atom stereocenters. The lowest BCUT2D eigenvalue weighted by molar-refractivity contribution is 0.183. The smallest absolute Gasteiger partial charge is 0.317 e. The number of carbonyl (C=O) groups excluding carboxylic acids is 1. The highest BCUT2D eigenvalue weighted by atomic mass is 32.2. The van der Waals surface area contributed by atoms with E-state index in [1.165, 1.54) is 0 Å². The first-order valence-corrected chi connectivity index (χ1v) is 9.99. The third-order valence-electron chi connectivity index (χ3n) is 4.41. The molecule has 1 aromatic carbocycles. The van der Waals surface area contributed by atoms with Gasteiger partial charge in [0.05, 0.1) is 11.5 Å². The predicted molar refractivity (Wildman–Crippen MR) is 92.8 cm³/mol. The molecule has 3 rings (SSSR count). The molecule has 0 saturated carbocycles. The zero-order valence-electron chi connectivity index (χ0n) is 13.7. The van der Waals surface area contributed by atoms with Gasteiger partial charge in [0.15, 0.2) is 9.84 Å². The van der Waals surface area contributed by atoms with E-state index in [1.54, 1.807) is 4.90 Å². The first kappa shape index (κ1) is 16.8. The van der Waals surface area contributed by atoms with Crippen molar-refractivity contribution in [1.29, 1.82) is 0 Å². The van der Waals surface area contributed by atoms with E-state index in [-0.39, 0.29) is 30.1 Å². The van der Waals surface area contributed by atoms with Gasteiger partial charge in [-0.3, -0.25) is 0 Å². The van der Waals surface area contributed by atoms with E-state index in [2.05, 4.69) is 5.32 Å². The van der Waals surface area contributed by atoms with E-state index in [0.717, 1.165) is 16.7 Å². The summed E-state index contributed by atoms with van der Waals surface area (Å²) < 4.78 is 29.1. The van der Waals surface area contributed by atoms with Gasteiger partial charge < -0.3 is 14.6 Å². The number of fused-ring (bicyclic) bond motifs is 1. The number of carbonyl (C=O) groups is 1. The van der Waals surface area contributed by atoms with Crippen molar-refractivity contribution < 1.29 is 17.6 Å². The second-order valence-corrected chi connectivity index (χ2v) is 8.52.